The summed E-state index contributed by atoms with van der Waals surface area (Å²) < 4.78 is 0. The highest BCUT2D eigenvalue weighted by Crippen LogP contribution is 2.53. The molecule has 0 spiro atoms. The summed E-state index contributed by atoms with van der Waals surface area (Å²) in [6, 6.07) is 4.09. The van der Waals surface area contributed by atoms with Gasteiger partial charge in [-0.15, -0.1) is 0 Å². The van der Waals surface area contributed by atoms with Crippen LogP contribution in [0.2, 0.25) is 12.6 Å². The molecule has 0 amide bonds. The van der Waals surface area contributed by atoms with Crippen molar-refractivity contribution < 1.29 is 5.11 Å². The van der Waals surface area contributed by atoms with Crippen LogP contribution in [-0.2, 0) is 0 Å². The van der Waals surface area contributed by atoms with E-state index in [1.165, 1.54) is 11.0 Å². The van der Waals surface area contributed by atoms with Gasteiger partial charge in [-0.25, -0.2) is 0 Å². The number of phenolic OH excluding ortho intramolecular Hbond substituents is 1. The molecule has 0 aromatic heterocycles. The Hall–Kier alpha value is -0.915. The molecule has 18 heavy (non-hydrogen) atoms. The molecule has 1 heterocycles. The van der Waals surface area contributed by atoms with Crippen LogP contribution in [0.4, 0.5) is 0 Å². The van der Waals surface area contributed by atoms with E-state index in [2.05, 4.69) is 40.7 Å². The van der Waals surface area contributed by atoms with Crippen LogP contribution in [0.5, 0.6) is 5.75 Å². The van der Waals surface area contributed by atoms with Gasteiger partial charge in [-0.3, -0.25) is 0 Å². The first-order valence-corrected chi connectivity index (χ1v) is 6.94. The predicted octanol–water partition coefficient (Wildman–Crippen LogP) is 3.78. The second-order valence-electron chi connectivity index (χ2n) is 7.39. The third kappa shape index (κ3) is 2.06. The summed E-state index contributed by atoms with van der Waals surface area (Å²) in [4.78, 5) is 0. The number of aryl methyl sites for hydroxylation is 2. The van der Waals surface area contributed by atoms with Crippen LogP contribution in [-0.4, -0.2) is 11.8 Å². The van der Waals surface area contributed by atoms with Crippen LogP contribution in [0.15, 0.2) is 12.1 Å². The van der Waals surface area contributed by atoms with Gasteiger partial charge in [0.05, 0.1) is 0 Å². The summed E-state index contributed by atoms with van der Waals surface area (Å²) >= 11 is 0. The third-order valence-corrected chi connectivity index (χ3v) is 5.26. The Morgan fingerprint density at radius 3 is 1.94 bits per heavy atom. The maximum atomic E-state index is 10.3. The van der Waals surface area contributed by atoms with E-state index >= 15 is 0 Å². The van der Waals surface area contributed by atoms with Crippen LogP contribution in [0, 0.1) is 24.7 Å². The second kappa shape index (κ2) is 4.04. The van der Waals surface area contributed by atoms with Crippen molar-refractivity contribution in [2.45, 2.75) is 54.2 Å². The van der Waals surface area contributed by atoms with E-state index in [9.17, 15) is 5.11 Å². The van der Waals surface area contributed by atoms with Crippen molar-refractivity contribution in [3.05, 3.63) is 23.3 Å². The van der Waals surface area contributed by atoms with Gasteiger partial charge in [0, 0.05) is 0 Å². The maximum Gasteiger partial charge on any atom is 0.182 e. The van der Waals surface area contributed by atoms with E-state index in [0.29, 0.717) is 23.3 Å². The highest BCUT2D eigenvalue weighted by molar-refractivity contribution is 6.75. The van der Waals surface area contributed by atoms with Crippen LogP contribution in [0.1, 0.15) is 38.8 Å². The SMILES string of the molecule is Cc1cc(C)c(B2CC(C)(C)C(C)(C)C2)c(O)c1. The molecule has 0 bridgehead atoms. The minimum Gasteiger partial charge on any atom is -0.509 e. The Morgan fingerprint density at radius 1 is 1.00 bits per heavy atom. The van der Waals surface area contributed by atoms with Crippen molar-refractivity contribution >= 4 is 12.2 Å². The Labute approximate surface area is 112 Å². The van der Waals surface area contributed by atoms with Crippen molar-refractivity contribution in [1.29, 1.82) is 0 Å². The van der Waals surface area contributed by atoms with Gasteiger partial charge in [0.15, 0.2) is 6.71 Å². The number of hydrogen-bond acceptors (Lipinski definition) is 1. The van der Waals surface area contributed by atoms with E-state index in [-0.39, 0.29) is 0 Å². The van der Waals surface area contributed by atoms with Crippen LogP contribution in [0.25, 0.3) is 0 Å². The fourth-order valence-corrected chi connectivity index (χ4v) is 3.55. The second-order valence-corrected chi connectivity index (χ2v) is 7.39. The lowest BCUT2D eigenvalue weighted by molar-refractivity contribution is 0.177. The average molecular weight is 244 g/mol. The number of aromatic hydroxyl groups is 1. The lowest BCUT2D eigenvalue weighted by atomic mass is 9.41. The minimum absolute atomic E-state index is 0.335. The van der Waals surface area contributed by atoms with Gasteiger partial charge in [-0.05, 0) is 41.8 Å². The average Bonchev–Trinajstić information content (AvgIpc) is 2.32. The Balaban J connectivity index is 2.42. The molecule has 1 N–H and O–H groups in total. The summed E-state index contributed by atoms with van der Waals surface area (Å²) in [7, 11) is 0. The molecular formula is C16H25BO. The molecule has 1 fully saturated rings. The summed E-state index contributed by atoms with van der Waals surface area (Å²) in [5.74, 6) is 0.492. The van der Waals surface area contributed by atoms with Crippen molar-refractivity contribution in [2.24, 2.45) is 10.8 Å². The summed E-state index contributed by atoms with van der Waals surface area (Å²) in [6.45, 7) is 14.1. The van der Waals surface area contributed by atoms with Crippen LogP contribution < -0.4 is 5.46 Å². The lowest BCUT2D eigenvalue weighted by Crippen LogP contribution is -2.30. The van der Waals surface area contributed by atoms with Gasteiger partial charge < -0.3 is 5.11 Å². The number of hydrogen-bond donors (Lipinski definition) is 1. The first-order chi connectivity index (χ1) is 8.14. The van der Waals surface area contributed by atoms with E-state index in [1.54, 1.807) is 0 Å². The van der Waals surface area contributed by atoms with Gasteiger partial charge in [0.25, 0.3) is 0 Å². The standard InChI is InChI=1S/C16H25BO/c1-11-7-12(2)14(13(18)8-11)17-9-15(3,4)16(5,6)10-17/h7-8,18H,9-10H2,1-6H3. The molecule has 2 rings (SSSR count). The van der Waals surface area contributed by atoms with E-state index < -0.39 is 0 Å². The molecule has 0 radical (unpaired) electrons. The Morgan fingerprint density at radius 2 is 1.50 bits per heavy atom. The summed E-state index contributed by atoms with van der Waals surface area (Å²) in [6.07, 6.45) is 2.33. The van der Waals surface area contributed by atoms with Crippen molar-refractivity contribution in [2.75, 3.05) is 0 Å². The Bertz CT molecular complexity index is 435. The zero-order chi connectivity index (χ0) is 13.7. The first kappa shape index (κ1) is 13.5. The smallest absolute Gasteiger partial charge is 0.182 e. The van der Waals surface area contributed by atoms with Crippen molar-refractivity contribution in [3.8, 4) is 5.75 Å². The molecule has 0 atom stereocenters. The van der Waals surface area contributed by atoms with Crippen molar-refractivity contribution in [1.82, 2.24) is 0 Å². The number of benzene rings is 1. The quantitative estimate of drug-likeness (QED) is 0.745. The van der Waals surface area contributed by atoms with Gasteiger partial charge in [-0.1, -0.05) is 52.0 Å². The number of phenols is 1. The molecule has 1 aliphatic heterocycles. The molecule has 1 aromatic carbocycles. The molecule has 1 nitrogen and oxygen atoms in total. The fraction of sp³-hybridized carbons (Fsp3) is 0.625. The predicted molar refractivity (Wildman–Crippen MR) is 80.1 cm³/mol. The van der Waals surface area contributed by atoms with E-state index in [0.717, 1.165) is 18.2 Å². The van der Waals surface area contributed by atoms with Gasteiger partial charge in [-0.2, -0.15) is 0 Å². The van der Waals surface area contributed by atoms with Gasteiger partial charge in [0.1, 0.15) is 5.75 Å². The highest BCUT2D eigenvalue weighted by atomic mass is 16.3. The summed E-state index contributed by atoms with van der Waals surface area (Å²) in [5, 5.41) is 10.3. The molecule has 0 unspecified atom stereocenters. The third-order valence-electron chi connectivity index (χ3n) is 5.26. The topological polar surface area (TPSA) is 20.2 Å². The molecule has 1 saturated heterocycles. The van der Waals surface area contributed by atoms with Gasteiger partial charge >= 0.3 is 0 Å². The first-order valence-electron chi connectivity index (χ1n) is 6.94. The zero-order valence-electron chi connectivity index (χ0n) is 12.6. The zero-order valence-corrected chi connectivity index (χ0v) is 12.6. The molecular weight excluding hydrogens is 219 g/mol. The molecule has 2 heteroatoms. The van der Waals surface area contributed by atoms with Crippen LogP contribution in [0.3, 0.4) is 0 Å². The Kier molecular flexibility index (Phi) is 3.04. The molecule has 98 valence electrons. The monoisotopic (exact) mass is 244 g/mol. The normalized spacial score (nSPS) is 21.3. The van der Waals surface area contributed by atoms with E-state index in [1.807, 2.05) is 13.0 Å². The highest BCUT2D eigenvalue weighted by Gasteiger charge is 2.48. The molecule has 1 aliphatic rings. The van der Waals surface area contributed by atoms with E-state index in [4.69, 9.17) is 0 Å². The van der Waals surface area contributed by atoms with Gasteiger partial charge in [0.2, 0.25) is 0 Å². The molecule has 0 saturated carbocycles. The summed E-state index contributed by atoms with van der Waals surface area (Å²) in [5.41, 5.74) is 4.23. The molecule has 1 aromatic rings. The lowest BCUT2D eigenvalue weighted by Gasteiger charge is -2.35. The molecule has 0 aliphatic carbocycles. The number of rotatable bonds is 1. The van der Waals surface area contributed by atoms with Crippen molar-refractivity contribution in [3.63, 3.8) is 0 Å². The largest absolute Gasteiger partial charge is 0.509 e. The maximum absolute atomic E-state index is 10.3. The van der Waals surface area contributed by atoms with Crippen LogP contribution >= 0.6 is 0 Å². The minimum atomic E-state index is 0.335. The fourth-order valence-electron chi connectivity index (χ4n) is 3.55.